The van der Waals surface area contributed by atoms with Crippen LogP contribution in [0.3, 0.4) is 0 Å². The van der Waals surface area contributed by atoms with E-state index in [0.29, 0.717) is 12.2 Å². The lowest BCUT2D eigenvalue weighted by Crippen LogP contribution is -2.37. The minimum Gasteiger partial charge on any atom is -0.341 e. The first-order valence-corrected chi connectivity index (χ1v) is 8.53. The van der Waals surface area contributed by atoms with Gasteiger partial charge in [0.15, 0.2) is 0 Å². The van der Waals surface area contributed by atoms with Crippen LogP contribution in [0.4, 0.5) is 0 Å². The summed E-state index contributed by atoms with van der Waals surface area (Å²) in [7, 11) is 0. The summed E-state index contributed by atoms with van der Waals surface area (Å²) < 4.78 is 1.55. The lowest BCUT2D eigenvalue weighted by molar-refractivity contribution is -0.134. The van der Waals surface area contributed by atoms with Crippen LogP contribution in [-0.2, 0) is 11.3 Å². The van der Waals surface area contributed by atoms with Crippen LogP contribution < -0.4 is 5.56 Å². The molecule has 0 aliphatic carbocycles. The van der Waals surface area contributed by atoms with Gasteiger partial charge in [-0.25, -0.2) is 4.98 Å². The van der Waals surface area contributed by atoms with E-state index in [0.717, 1.165) is 38.3 Å². The van der Waals surface area contributed by atoms with Crippen LogP contribution in [-0.4, -0.2) is 51.3 Å². The summed E-state index contributed by atoms with van der Waals surface area (Å²) in [6.07, 6.45) is 2.68. The summed E-state index contributed by atoms with van der Waals surface area (Å²) in [5, 5.41) is 0. The molecule has 2 aromatic rings. The fourth-order valence-corrected chi connectivity index (χ4v) is 3.13. The third-order valence-electron chi connectivity index (χ3n) is 4.40. The van der Waals surface area contributed by atoms with E-state index in [2.05, 4.69) is 9.88 Å². The number of rotatable bonds is 3. The first kappa shape index (κ1) is 16.6. The predicted molar refractivity (Wildman–Crippen MR) is 92.8 cm³/mol. The van der Waals surface area contributed by atoms with Crippen molar-refractivity contribution in [3.05, 3.63) is 46.5 Å². The van der Waals surface area contributed by atoms with Crippen molar-refractivity contribution in [2.45, 2.75) is 26.8 Å². The van der Waals surface area contributed by atoms with Crippen molar-refractivity contribution in [3.8, 4) is 0 Å². The van der Waals surface area contributed by atoms with Gasteiger partial charge in [-0.3, -0.25) is 18.9 Å². The number of fused-ring (bicyclic) bond motifs is 1. The van der Waals surface area contributed by atoms with E-state index in [1.54, 1.807) is 16.7 Å². The Hall–Kier alpha value is -2.21. The van der Waals surface area contributed by atoms with E-state index in [1.807, 2.05) is 36.9 Å². The largest absolute Gasteiger partial charge is 0.341 e. The SMILES string of the molecule is CC(C)C(=O)N1CCCN(Cc2cc(=O)n3ccccc3n2)CC1. The number of nitrogens with zero attached hydrogens (tertiary/aromatic N) is 4. The average Bonchev–Trinajstić information content (AvgIpc) is 2.80. The molecule has 0 unspecified atom stereocenters. The summed E-state index contributed by atoms with van der Waals surface area (Å²) in [5.41, 5.74) is 1.41. The summed E-state index contributed by atoms with van der Waals surface area (Å²) in [4.78, 5) is 33.1. The molecule has 0 aromatic carbocycles. The quantitative estimate of drug-likeness (QED) is 0.854. The summed E-state index contributed by atoms with van der Waals surface area (Å²) >= 11 is 0. The monoisotopic (exact) mass is 328 g/mol. The maximum Gasteiger partial charge on any atom is 0.258 e. The average molecular weight is 328 g/mol. The van der Waals surface area contributed by atoms with Crippen LogP contribution in [0.1, 0.15) is 26.0 Å². The Morgan fingerprint density at radius 1 is 1.21 bits per heavy atom. The maximum absolute atomic E-state index is 12.2. The molecule has 0 radical (unpaired) electrons. The van der Waals surface area contributed by atoms with Crippen LogP contribution in [0.15, 0.2) is 35.3 Å². The van der Waals surface area contributed by atoms with Crippen molar-refractivity contribution in [1.82, 2.24) is 19.2 Å². The number of carbonyl (C=O) groups is 1. The molecule has 1 fully saturated rings. The van der Waals surface area contributed by atoms with Crippen molar-refractivity contribution in [3.63, 3.8) is 0 Å². The van der Waals surface area contributed by atoms with Crippen LogP contribution >= 0.6 is 0 Å². The van der Waals surface area contributed by atoms with Gasteiger partial charge in [-0.1, -0.05) is 19.9 Å². The lowest BCUT2D eigenvalue weighted by Gasteiger charge is -2.23. The smallest absolute Gasteiger partial charge is 0.258 e. The minimum atomic E-state index is -0.0537. The highest BCUT2D eigenvalue weighted by atomic mass is 16.2. The number of pyridine rings is 1. The summed E-state index contributed by atoms with van der Waals surface area (Å²) in [5.74, 6) is 0.262. The molecule has 1 aliphatic heterocycles. The van der Waals surface area contributed by atoms with Crippen LogP contribution in [0, 0.1) is 5.92 Å². The molecule has 0 N–H and O–H groups in total. The molecule has 0 spiro atoms. The van der Waals surface area contributed by atoms with Crippen LogP contribution in [0.2, 0.25) is 0 Å². The third-order valence-corrected chi connectivity index (χ3v) is 4.40. The molecule has 6 nitrogen and oxygen atoms in total. The third kappa shape index (κ3) is 3.64. The highest BCUT2D eigenvalue weighted by molar-refractivity contribution is 5.78. The van der Waals surface area contributed by atoms with E-state index in [-0.39, 0.29) is 17.4 Å². The van der Waals surface area contributed by atoms with Gasteiger partial charge < -0.3 is 4.90 Å². The summed E-state index contributed by atoms with van der Waals surface area (Å²) in [6, 6.07) is 7.16. The number of hydrogen-bond donors (Lipinski definition) is 0. The molecule has 0 saturated carbocycles. The van der Waals surface area contributed by atoms with Crippen LogP contribution in [0.5, 0.6) is 0 Å². The molecule has 24 heavy (non-hydrogen) atoms. The van der Waals surface area contributed by atoms with E-state index < -0.39 is 0 Å². The van der Waals surface area contributed by atoms with Gasteiger partial charge in [0, 0.05) is 50.9 Å². The van der Waals surface area contributed by atoms with Gasteiger partial charge in [-0.05, 0) is 18.6 Å². The molecule has 3 heterocycles. The highest BCUT2D eigenvalue weighted by Gasteiger charge is 2.21. The number of aromatic nitrogens is 2. The lowest BCUT2D eigenvalue weighted by atomic mass is 10.2. The van der Waals surface area contributed by atoms with Crippen molar-refractivity contribution < 1.29 is 4.79 Å². The first-order valence-electron chi connectivity index (χ1n) is 8.53. The molecular formula is C18H24N4O2. The van der Waals surface area contributed by atoms with Gasteiger partial charge in [0.25, 0.3) is 5.56 Å². The van der Waals surface area contributed by atoms with E-state index in [1.165, 1.54) is 0 Å². The second-order valence-electron chi connectivity index (χ2n) is 6.62. The Labute approximate surface area is 141 Å². The highest BCUT2D eigenvalue weighted by Crippen LogP contribution is 2.10. The van der Waals surface area contributed by atoms with Gasteiger partial charge in [-0.15, -0.1) is 0 Å². The second-order valence-corrected chi connectivity index (χ2v) is 6.62. The molecule has 0 bridgehead atoms. The fraction of sp³-hybridized carbons (Fsp3) is 0.500. The van der Waals surface area contributed by atoms with Gasteiger partial charge in [0.05, 0.1) is 5.69 Å². The zero-order valence-electron chi connectivity index (χ0n) is 14.3. The number of carbonyl (C=O) groups excluding carboxylic acids is 1. The maximum atomic E-state index is 12.2. The van der Waals surface area contributed by atoms with Crippen molar-refractivity contribution in [1.29, 1.82) is 0 Å². The molecule has 3 rings (SSSR count). The molecule has 6 heteroatoms. The number of hydrogen-bond acceptors (Lipinski definition) is 4. The zero-order chi connectivity index (χ0) is 17.1. The minimum absolute atomic E-state index is 0.0405. The van der Waals surface area contributed by atoms with E-state index in [9.17, 15) is 9.59 Å². The van der Waals surface area contributed by atoms with Crippen molar-refractivity contribution in [2.24, 2.45) is 5.92 Å². The molecule has 1 amide bonds. The van der Waals surface area contributed by atoms with E-state index in [4.69, 9.17) is 0 Å². The van der Waals surface area contributed by atoms with Crippen molar-refractivity contribution >= 4 is 11.6 Å². The van der Waals surface area contributed by atoms with Gasteiger partial charge in [0.2, 0.25) is 5.91 Å². The Kier molecular flexibility index (Phi) is 4.94. The van der Waals surface area contributed by atoms with Gasteiger partial charge in [-0.2, -0.15) is 0 Å². The molecule has 0 atom stereocenters. The molecule has 1 saturated heterocycles. The Morgan fingerprint density at radius 2 is 2.04 bits per heavy atom. The summed E-state index contributed by atoms with van der Waals surface area (Å²) in [6.45, 7) is 7.80. The van der Waals surface area contributed by atoms with E-state index >= 15 is 0 Å². The molecule has 2 aromatic heterocycles. The number of amides is 1. The Morgan fingerprint density at radius 3 is 2.83 bits per heavy atom. The molecule has 1 aliphatic rings. The first-order chi connectivity index (χ1) is 11.5. The van der Waals surface area contributed by atoms with Gasteiger partial charge >= 0.3 is 0 Å². The molecular weight excluding hydrogens is 304 g/mol. The predicted octanol–water partition coefficient (Wildman–Crippen LogP) is 1.38. The van der Waals surface area contributed by atoms with Crippen molar-refractivity contribution in [2.75, 3.05) is 26.2 Å². The van der Waals surface area contributed by atoms with Crippen LogP contribution in [0.25, 0.3) is 5.65 Å². The normalized spacial score (nSPS) is 16.5. The standard InChI is InChI=1S/C18H24N4O2/c1-14(2)18(24)21-8-5-7-20(10-11-21)13-15-12-17(23)22-9-4-3-6-16(22)19-15/h3-4,6,9,12,14H,5,7-8,10-11,13H2,1-2H3. The molecule has 128 valence electrons. The zero-order valence-corrected chi connectivity index (χ0v) is 14.3. The second kappa shape index (κ2) is 7.13. The topological polar surface area (TPSA) is 57.9 Å². The Bertz CT molecular complexity index is 784. The Balaban J connectivity index is 1.70. The van der Waals surface area contributed by atoms with Gasteiger partial charge in [0.1, 0.15) is 5.65 Å². The fourth-order valence-electron chi connectivity index (χ4n) is 3.13.